The van der Waals surface area contributed by atoms with E-state index in [4.69, 9.17) is 6.42 Å². The van der Waals surface area contributed by atoms with E-state index in [-0.39, 0.29) is 6.03 Å². The molecule has 21 heavy (non-hydrogen) atoms. The van der Waals surface area contributed by atoms with Gasteiger partial charge >= 0.3 is 6.03 Å². The minimum absolute atomic E-state index is 0.0846. The molecule has 0 bridgehead atoms. The van der Waals surface area contributed by atoms with Crippen molar-refractivity contribution in [3.8, 4) is 12.3 Å². The Kier molecular flexibility index (Phi) is 3.61. The maximum absolute atomic E-state index is 12.3. The summed E-state index contributed by atoms with van der Waals surface area (Å²) in [6.45, 7) is 1.38. The molecule has 0 radical (unpaired) electrons. The highest BCUT2D eigenvalue weighted by Gasteiger charge is 2.20. The molecule has 2 amide bonds. The first kappa shape index (κ1) is 13.3. The lowest BCUT2D eigenvalue weighted by Crippen LogP contribution is -2.38. The molecule has 3 rings (SSSR count). The molecular weight excluding hydrogens is 260 g/mol. The molecule has 1 heterocycles. The minimum Gasteiger partial charge on any atom is -0.320 e. The average molecular weight is 276 g/mol. The summed E-state index contributed by atoms with van der Waals surface area (Å²) < 4.78 is 0. The summed E-state index contributed by atoms with van der Waals surface area (Å²) in [6, 6.07) is 15.5. The summed E-state index contributed by atoms with van der Waals surface area (Å²) in [5, 5.41) is 2.91. The third kappa shape index (κ3) is 2.90. The first-order valence-corrected chi connectivity index (χ1v) is 6.95. The van der Waals surface area contributed by atoms with E-state index in [1.165, 1.54) is 11.1 Å². The normalized spacial score (nSPS) is 13.2. The van der Waals surface area contributed by atoms with Crippen LogP contribution in [0.4, 0.5) is 10.5 Å². The Morgan fingerprint density at radius 2 is 1.95 bits per heavy atom. The number of carbonyl (C=O) groups excluding carboxylic acids is 1. The van der Waals surface area contributed by atoms with Gasteiger partial charge in [0.2, 0.25) is 0 Å². The van der Waals surface area contributed by atoms with E-state index in [1.54, 1.807) is 6.07 Å². The molecule has 3 heteroatoms. The summed E-state index contributed by atoms with van der Waals surface area (Å²) in [5.74, 6) is 2.57. The molecule has 3 nitrogen and oxygen atoms in total. The van der Waals surface area contributed by atoms with Gasteiger partial charge in [-0.25, -0.2) is 4.79 Å². The molecule has 0 atom stereocenters. The molecular formula is C18H16N2O. The largest absolute Gasteiger partial charge is 0.322 e. The number of hydrogen-bond donors (Lipinski definition) is 1. The predicted octanol–water partition coefficient (Wildman–Crippen LogP) is 3.26. The maximum Gasteiger partial charge on any atom is 0.322 e. The summed E-state index contributed by atoms with van der Waals surface area (Å²) in [5.41, 5.74) is 4.04. The second-order valence-corrected chi connectivity index (χ2v) is 5.10. The van der Waals surface area contributed by atoms with Crippen molar-refractivity contribution < 1.29 is 4.79 Å². The van der Waals surface area contributed by atoms with Gasteiger partial charge in [0.1, 0.15) is 0 Å². The lowest BCUT2D eigenvalue weighted by Gasteiger charge is -2.29. The van der Waals surface area contributed by atoms with E-state index in [0.717, 1.165) is 24.2 Å². The number of urea groups is 1. The quantitative estimate of drug-likeness (QED) is 0.797. The Balaban J connectivity index is 1.71. The molecule has 1 N–H and O–H groups in total. The third-order valence-corrected chi connectivity index (χ3v) is 3.70. The van der Waals surface area contributed by atoms with E-state index in [2.05, 4.69) is 23.4 Å². The fraction of sp³-hybridized carbons (Fsp3) is 0.167. The number of benzene rings is 2. The number of amides is 2. The van der Waals surface area contributed by atoms with Crippen molar-refractivity contribution >= 4 is 11.7 Å². The molecule has 0 spiro atoms. The number of anilines is 1. The molecule has 1 aliphatic heterocycles. The number of nitrogens with one attached hydrogen (secondary N) is 1. The highest BCUT2D eigenvalue weighted by molar-refractivity contribution is 5.89. The smallest absolute Gasteiger partial charge is 0.320 e. The molecule has 0 aliphatic carbocycles. The van der Waals surface area contributed by atoms with Crippen molar-refractivity contribution in [3.05, 3.63) is 65.2 Å². The molecule has 104 valence electrons. The second-order valence-electron chi connectivity index (χ2n) is 5.10. The summed E-state index contributed by atoms with van der Waals surface area (Å²) in [4.78, 5) is 14.2. The van der Waals surface area contributed by atoms with Crippen molar-refractivity contribution in [2.45, 2.75) is 13.0 Å². The van der Waals surface area contributed by atoms with Crippen LogP contribution in [0.1, 0.15) is 16.7 Å². The fourth-order valence-electron chi connectivity index (χ4n) is 2.56. The topological polar surface area (TPSA) is 32.3 Å². The monoisotopic (exact) mass is 276 g/mol. The zero-order valence-corrected chi connectivity index (χ0v) is 11.7. The zero-order valence-electron chi connectivity index (χ0n) is 11.7. The number of fused-ring (bicyclic) bond motifs is 1. The van der Waals surface area contributed by atoms with Crippen LogP contribution in [-0.2, 0) is 13.0 Å². The van der Waals surface area contributed by atoms with Gasteiger partial charge in [-0.05, 0) is 35.7 Å². The van der Waals surface area contributed by atoms with Crippen LogP contribution in [-0.4, -0.2) is 17.5 Å². The van der Waals surface area contributed by atoms with Crippen molar-refractivity contribution in [2.24, 2.45) is 0 Å². The van der Waals surface area contributed by atoms with E-state index in [9.17, 15) is 4.79 Å². The van der Waals surface area contributed by atoms with Crippen LogP contribution in [0.2, 0.25) is 0 Å². The Bertz CT molecular complexity index is 715. The molecule has 0 fully saturated rings. The highest BCUT2D eigenvalue weighted by atomic mass is 16.2. The van der Waals surface area contributed by atoms with Gasteiger partial charge in [0.05, 0.1) is 0 Å². The highest BCUT2D eigenvalue weighted by Crippen LogP contribution is 2.19. The number of carbonyl (C=O) groups is 1. The second kappa shape index (κ2) is 5.72. The average Bonchev–Trinajstić information content (AvgIpc) is 2.54. The van der Waals surface area contributed by atoms with Gasteiger partial charge in [0.25, 0.3) is 0 Å². The number of hydrogen-bond acceptors (Lipinski definition) is 1. The van der Waals surface area contributed by atoms with Gasteiger partial charge in [-0.3, -0.25) is 0 Å². The maximum atomic E-state index is 12.3. The van der Waals surface area contributed by atoms with Crippen molar-refractivity contribution in [3.63, 3.8) is 0 Å². The molecule has 2 aromatic rings. The fourth-order valence-corrected chi connectivity index (χ4v) is 2.56. The molecule has 0 aromatic heterocycles. The van der Waals surface area contributed by atoms with Crippen molar-refractivity contribution in [1.82, 2.24) is 4.90 Å². The van der Waals surface area contributed by atoms with Crippen LogP contribution in [0.3, 0.4) is 0 Å². The lowest BCUT2D eigenvalue weighted by atomic mass is 10.0. The predicted molar refractivity (Wildman–Crippen MR) is 84.0 cm³/mol. The molecule has 0 unspecified atom stereocenters. The summed E-state index contributed by atoms with van der Waals surface area (Å²) in [6.07, 6.45) is 6.27. The first-order valence-electron chi connectivity index (χ1n) is 6.95. The van der Waals surface area contributed by atoms with Gasteiger partial charge in [-0.1, -0.05) is 36.3 Å². The molecule has 0 saturated carbocycles. The SMILES string of the molecule is C#Cc1cccc(NC(=O)N2CCc3ccccc3C2)c1. The van der Waals surface area contributed by atoms with E-state index in [0.29, 0.717) is 6.54 Å². The van der Waals surface area contributed by atoms with E-state index >= 15 is 0 Å². The Hall–Kier alpha value is -2.73. The van der Waals surface area contributed by atoms with Crippen LogP contribution in [0.5, 0.6) is 0 Å². The van der Waals surface area contributed by atoms with Gasteiger partial charge in [-0.2, -0.15) is 0 Å². The Morgan fingerprint density at radius 1 is 1.14 bits per heavy atom. The summed E-state index contributed by atoms with van der Waals surface area (Å²) in [7, 11) is 0. The Labute approximate surface area is 124 Å². The first-order chi connectivity index (χ1) is 10.3. The van der Waals surface area contributed by atoms with Gasteiger partial charge in [0, 0.05) is 24.3 Å². The molecule has 1 aliphatic rings. The Morgan fingerprint density at radius 3 is 2.76 bits per heavy atom. The van der Waals surface area contributed by atoms with Gasteiger partial charge < -0.3 is 10.2 Å². The van der Waals surface area contributed by atoms with Crippen LogP contribution < -0.4 is 5.32 Å². The van der Waals surface area contributed by atoms with Gasteiger partial charge in [-0.15, -0.1) is 6.42 Å². The third-order valence-electron chi connectivity index (χ3n) is 3.70. The van der Waals surface area contributed by atoms with Crippen LogP contribution >= 0.6 is 0 Å². The van der Waals surface area contributed by atoms with E-state index < -0.39 is 0 Å². The number of terminal acetylenes is 1. The zero-order chi connectivity index (χ0) is 14.7. The minimum atomic E-state index is -0.0846. The standard InChI is InChI=1S/C18H16N2O/c1-2-14-6-5-9-17(12-14)19-18(21)20-11-10-15-7-3-4-8-16(15)13-20/h1,3-9,12H,10-11,13H2,(H,19,21). The summed E-state index contributed by atoms with van der Waals surface area (Å²) >= 11 is 0. The van der Waals surface area contributed by atoms with E-state index in [1.807, 2.05) is 35.2 Å². The van der Waals surface area contributed by atoms with Crippen molar-refractivity contribution in [1.29, 1.82) is 0 Å². The lowest BCUT2D eigenvalue weighted by molar-refractivity contribution is 0.206. The molecule has 2 aromatic carbocycles. The molecule has 0 saturated heterocycles. The van der Waals surface area contributed by atoms with Crippen LogP contribution in [0.15, 0.2) is 48.5 Å². The van der Waals surface area contributed by atoms with Crippen molar-refractivity contribution in [2.75, 3.05) is 11.9 Å². The van der Waals surface area contributed by atoms with Crippen LogP contribution in [0.25, 0.3) is 0 Å². The number of rotatable bonds is 1. The van der Waals surface area contributed by atoms with Gasteiger partial charge in [0.15, 0.2) is 0 Å². The van der Waals surface area contributed by atoms with Crippen LogP contribution in [0, 0.1) is 12.3 Å². The number of nitrogens with zero attached hydrogens (tertiary/aromatic N) is 1.